The van der Waals surface area contributed by atoms with E-state index in [4.69, 9.17) is 18.9 Å². The van der Waals surface area contributed by atoms with E-state index >= 15 is 8.78 Å². The number of carbonyl (C=O) groups is 2. The third-order valence-corrected chi connectivity index (χ3v) is 7.54. The van der Waals surface area contributed by atoms with Gasteiger partial charge in [0.2, 0.25) is 0 Å². The molecule has 0 aromatic carbocycles. The Morgan fingerprint density at radius 3 is 1.40 bits per heavy atom. The van der Waals surface area contributed by atoms with Crippen molar-refractivity contribution in [3.8, 4) is 0 Å². The Morgan fingerprint density at radius 1 is 0.745 bits per heavy atom. The van der Waals surface area contributed by atoms with Gasteiger partial charge in [-0.25, -0.2) is 27.5 Å². The minimum atomic E-state index is -3.18. The molecule has 2 aromatic rings. The molecule has 2 aromatic heterocycles. The molecule has 0 radical (unpaired) electrons. The predicted molar refractivity (Wildman–Crippen MR) is 149 cm³/mol. The number of carbonyl (C=O) groups excluding carboxylic acids is 2. The molecule has 8 atom stereocenters. The molecular formula is C27H34F2N4O14. The molecule has 2 saturated heterocycles. The summed E-state index contributed by atoms with van der Waals surface area (Å²) in [6.07, 6.45) is -11.3. The zero-order valence-electron chi connectivity index (χ0n) is 25.5. The van der Waals surface area contributed by atoms with E-state index in [1.807, 2.05) is 0 Å². The summed E-state index contributed by atoms with van der Waals surface area (Å²) < 4.78 is 52.1. The average molecular weight is 677 g/mol. The van der Waals surface area contributed by atoms with E-state index in [1.165, 1.54) is 27.7 Å². The Bertz CT molecular complexity index is 1630. The number of aliphatic hydroxyl groups is 4. The standard InChI is InChI=1S/C27H34F2N4O14/c1-12(2)22(40)44-9-26(28)18(38)16(36)20(46-26)30-7-5-14(34)32(24(30)42)11-33-15(35)6-8-31(25(33)43)21-17(37)19(39)27(29,47-21)10-45-23(41)13(3)4/h5-8,12-13,16-21,36-39H,9-11H2,1-4H3/t16-,17-,18+,19+,20-,21-,26-,27-/m1/s1. The molecule has 260 valence electrons. The van der Waals surface area contributed by atoms with Crippen molar-refractivity contribution in [2.75, 3.05) is 13.2 Å². The highest BCUT2D eigenvalue weighted by Gasteiger charge is 2.58. The van der Waals surface area contributed by atoms with Crippen LogP contribution >= 0.6 is 0 Å². The lowest BCUT2D eigenvalue weighted by atomic mass is 10.1. The molecule has 4 N–H and O–H groups in total. The third-order valence-electron chi connectivity index (χ3n) is 7.54. The number of aromatic nitrogens is 4. The first-order valence-corrected chi connectivity index (χ1v) is 14.3. The smallest absolute Gasteiger partial charge is 0.334 e. The fourth-order valence-corrected chi connectivity index (χ4v) is 4.71. The van der Waals surface area contributed by atoms with E-state index in [0.717, 1.165) is 24.5 Å². The quantitative estimate of drug-likeness (QED) is 0.184. The number of alkyl halides is 2. The molecule has 4 rings (SSSR count). The Kier molecular flexibility index (Phi) is 10.0. The van der Waals surface area contributed by atoms with E-state index in [0.29, 0.717) is 18.3 Å². The van der Waals surface area contributed by atoms with Crippen LogP contribution in [0.2, 0.25) is 0 Å². The lowest BCUT2D eigenvalue weighted by Gasteiger charge is -2.23. The number of hydrogen-bond donors (Lipinski definition) is 4. The molecule has 2 fully saturated rings. The highest BCUT2D eigenvalue weighted by Crippen LogP contribution is 2.39. The van der Waals surface area contributed by atoms with Gasteiger partial charge in [-0.15, -0.1) is 0 Å². The van der Waals surface area contributed by atoms with Crippen molar-refractivity contribution in [3.05, 3.63) is 66.2 Å². The molecule has 0 unspecified atom stereocenters. The van der Waals surface area contributed by atoms with Gasteiger partial charge in [0.1, 0.15) is 31.1 Å². The van der Waals surface area contributed by atoms with Crippen LogP contribution in [0.3, 0.4) is 0 Å². The highest BCUT2D eigenvalue weighted by atomic mass is 19.2. The van der Waals surface area contributed by atoms with E-state index in [-0.39, 0.29) is 0 Å². The maximum atomic E-state index is 15.4. The molecule has 0 aliphatic carbocycles. The Morgan fingerprint density at radius 2 is 1.09 bits per heavy atom. The van der Waals surface area contributed by atoms with E-state index in [2.05, 4.69) is 0 Å². The van der Waals surface area contributed by atoms with Crippen molar-refractivity contribution in [3.63, 3.8) is 0 Å². The Balaban J connectivity index is 1.64. The van der Waals surface area contributed by atoms with Crippen LogP contribution < -0.4 is 22.5 Å². The molecule has 2 aliphatic heterocycles. The molecule has 0 amide bonds. The van der Waals surface area contributed by atoms with Crippen LogP contribution in [0.4, 0.5) is 8.78 Å². The number of rotatable bonds is 10. The van der Waals surface area contributed by atoms with Gasteiger partial charge in [0, 0.05) is 24.5 Å². The Labute approximate surface area is 262 Å². The van der Waals surface area contributed by atoms with Gasteiger partial charge in [-0.3, -0.25) is 28.3 Å². The first-order valence-electron chi connectivity index (χ1n) is 14.3. The number of halogens is 2. The Hall–Kier alpha value is -4.08. The number of aliphatic hydroxyl groups excluding tert-OH is 4. The second-order valence-corrected chi connectivity index (χ2v) is 11.7. The van der Waals surface area contributed by atoms with E-state index < -0.39 is 115 Å². The molecule has 47 heavy (non-hydrogen) atoms. The summed E-state index contributed by atoms with van der Waals surface area (Å²) in [4.78, 5) is 75.7. The predicted octanol–water partition coefficient (Wildman–Crippen LogP) is -2.93. The second-order valence-electron chi connectivity index (χ2n) is 11.7. The summed E-state index contributed by atoms with van der Waals surface area (Å²) in [6.45, 7) is 2.40. The van der Waals surface area contributed by atoms with Crippen LogP contribution in [0, 0.1) is 11.8 Å². The summed E-state index contributed by atoms with van der Waals surface area (Å²) in [5, 5.41) is 41.6. The van der Waals surface area contributed by atoms with Gasteiger partial charge < -0.3 is 39.4 Å². The van der Waals surface area contributed by atoms with Crippen molar-refractivity contribution in [1.82, 2.24) is 18.3 Å². The van der Waals surface area contributed by atoms with Crippen LogP contribution in [0.15, 0.2) is 43.7 Å². The maximum absolute atomic E-state index is 15.4. The van der Waals surface area contributed by atoms with Crippen molar-refractivity contribution < 1.29 is 57.7 Å². The fourth-order valence-electron chi connectivity index (χ4n) is 4.71. The zero-order chi connectivity index (χ0) is 35.2. The largest absolute Gasteiger partial charge is 0.459 e. The monoisotopic (exact) mass is 676 g/mol. The van der Waals surface area contributed by atoms with Crippen molar-refractivity contribution in [2.45, 2.75) is 82.9 Å². The molecule has 0 bridgehead atoms. The van der Waals surface area contributed by atoms with Crippen molar-refractivity contribution in [2.24, 2.45) is 11.8 Å². The van der Waals surface area contributed by atoms with E-state index in [1.54, 1.807) is 0 Å². The summed E-state index contributed by atoms with van der Waals surface area (Å²) in [6, 6.07) is 1.48. The van der Waals surface area contributed by atoms with Crippen LogP contribution in [-0.4, -0.2) is 100.0 Å². The molecular weight excluding hydrogens is 642 g/mol. The van der Waals surface area contributed by atoms with Crippen molar-refractivity contribution >= 4 is 11.9 Å². The van der Waals surface area contributed by atoms with Crippen LogP contribution in [0.1, 0.15) is 40.2 Å². The SMILES string of the molecule is CC(C)C(=O)OC[C@@]1(F)O[C@@H](n2ccc(=O)n(Cn3c(=O)ccn([C@@H]4O[C@](F)(COC(=O)C(C)C)[C@@H](O)[C@H]4O)c3=O)c2=O)[C@H](O)[C@@H]1O. The van der Waals surface area contributed by atoms with Crippen LogP contribution in [-0.2, 0) is 35.2 Å². The molecule has 2 aliphatic rings. The van der Waals surface area contributed by atoms with Gasteiger partial charge in [-0.2, -0.15) is 0 Å². The minimum absolute atomic E-state index is 0.304. The van der Waals surface area contributed by atoms with Gasteiger partial charge in [0.15, 0.2) is 25.7 Å². The third kappa shape index (κ3) is 6.69. The lowest BCUT2D eigenvalue weighted by molar-refractivity contribution is -0.218. The van der Waals surface area contributed by atoms with E-state index in [9.17, 15) is 49.2 Å². The zero-order valence-corrected chi connectivity index (χ0v) is 25.5. The molecule has 20 heteroatoms. The van der Waals surface area contributed by atoms with Gasteiger partial charge >= 0.3 is 23.3 Å². The lowest BCUT2D eigenvalue weighted by Crippen LogP contribution is -2.49. The maximum Gasteiger partial charge on any atom is 0.334 e. The molecule has 0 spiro atoms. The van der Waals surface area contributed by atoms with Gasteiger partial charge in [0.25, 0.3) is 22.8 Å². The summed E-state index contributed by atoms with van der Waals surface area (Å²) in [5.41, 5.74) is -4.91. The summed E-state index contributed by atoms with van der Waals surface area (Å²) >= 11 is 0. The van der Waals surface area contributed by atoms with Gasteiger partial charge in [-0.05, 0) is 0 Å². The second kappa shape index (κ2) is 13.2. The fraction of sp³-hybridized carbons (Fsp3) is 0.630. The first kappa shape index (κ1) is 35.8. The van der Waals surface area contributed by atoms with Crippen molar-refractivity contribution in [1.29, 1.82) is 0 Å². The topological polar surface area (TPSA) is 240 Å². The van der Waals surface area contributed by atoms with Gasteiger partial charge in [-0.1, -0.05) is 27.7 Å². The highest BCUT2D eigenvalue weighted by molar-refractivity contribution is 5.71. The molecule has 4 heterocycles. The number of nitrogens with zero attached hydrogens (tertiary/aromatic N) is 4. The molecule has 18 nitrogen and oxygen atoms in total. The van der Waals surface area contributed by atoms with Gasteiger partial charge in [0.05, 0.1) is 11.8 Å². The van der Waals surface area contributed by atoms with Crippen LogP contribution in [0.25, 0.3) is 0 Å². The number of esters is 2. The minimum Gasteiger partial charge on any atom is -0.459 e. The normalized spacial score (nSPS) is 30.6. The number of ether oxygens (including phenoxy) is 4. The summed E-state index contributed by atoms with van der Waals surface area (Å²) in [5.74, 6) is -9.39. The summed E-state index contributed by atoms with van der Waals surface area (Å²) in [7, 11) is 0. The molecule has 0 saturated carbocycles. The van der Waals surface area contributed by atoms with Crippen LogP contribution in [0.5, 0.6) is 0 Å². The average Bonchev–Trinajstić information content (AvgIpc) is 3.37. The number of hydrogen-bond acceptors (Lipinski definition) is 14. The first-order chi connectivity index (χ1) is 21.8.